The second-order valence-electron chi connectivity index (χ2n) is 5.08. The number of para-hydroxylation sites is 1. The molecule has 0 aliphatic heterocycles. The van der Waals surface area contributed by atoms with E-state index in [1.165, 1.54) is 0 Å². The molecule has 0 saturated heterocycles. The number of aryl methyl sites for hydroxylation is 1. The van der Waals surface area contributed by atoms with E-state index in [0.29, 0.717) is 11.4 Å². The maximum atomic E-state index is 11.8. The number of ether oxygens (including phenoxy) is 2. The molecular weight excluding hydrogens is 374 g/mol. The molecule has 2 aromatic rings. The number of benzene rings is 2. The lowest BCUT2D eigenvalue weighted by molar-refractivity contribution is -0.147. The van der Waals surface area contributed by atoms with Gasteiger partial charge in [-0.05, 0) is 42.8 Å². The minimum atomic E-state index is -0.479. The Morgan fingerprint density at radius 2 is 1.88 bits per heavy atom. The quantitative estimate of drug-likeness (QED) is 0.730. The van der Waals surface area contributed by atoms with Gasteiger partial charge in [0.15, 0.2) is 6.61 Å². The van der Waals surface area contributed by atoms with Gasteiger partial charge in [0.2, 0.25) is 0 Å². The van der Waals surface area contributed by atoms with Crippen LogP contribution in [0.5, 0.6) is 5.75 Å². The lowest BCUT2D eigenvalue weighted by atomic mass is 10.2. The summed E-state index contributed by atoms with van der Waals surface area (Å²) >= 11 is 3.39. The van der Waals surface area contributed by atoms with Crippen molar-refractivity contribution in [3.8, 4) is 5.75 Å². The van der Waals surface area contributed by atoms with E-state index in [1.54, 1.807) is 18.2 Å². The van der Waals surface area contributed by atoms with Crippen molar-refractivity contribution in [3.05, 3.63) is 58.6 Å². The highest BCUT2D eigenvalue weighted by atomic mass is 79.9. The SMILES string of the molecule is Cc1cc(NC(=O)COC(=O)CCOc2ccccc2)ccc1Br. The van der Waals surface area contributed by atoms with Crippen LogP contribution in [0, 0.1) is 6.92 Å². The smallest absolute Gasteiger partial charge is 0.309 e. The molecule has 2 aromatic carbocycles. The molecule has 0 aromatic heterocycles. The summed E-state index contributed by atoms with van der Waals surface area (Å²) in [5.74, 6) is -0.171. The molecular formula is C18H18BrNO4. The Kier molecular flexibility index (Phi) is 6.81. The van der Waals surface area contributed by atoms with Gasteiger partial charge in [-0.2, -0.15) is 0 Å². The van der Waals surface area contributed by atoms with Gasteiger partial charge in [-0.25, -0.2) is 0 Å². The fourth-order valence-corrected chi connectivity index (χ4v) is 2.15. The van der Waals surface area contributed by atoms with E-state index >= 15 is 0 Å². The van der Waals surface area contributed by atoms with E-state index in [4.69, 9.17) is 9.47 Å². The molecule has 0 fully saturated rings. The maximum Gasteiger partial charge on any atom is 0.309 e. The number of halogens is 1. The van der Waals surface area contributed by atoms with Gasteiger partial charge in [-0.15, -0.1) is 0 Å². The highest BCUT2D eigenvalue weighted by Crippen LogP contribution is 2.19. The van der Waals surface area contributed by atoms with Crippen molar-refractivity contribution in [2.75, 3.05) is 18.5 Å². The normalized spacial score (nSPS) is 10.1. The van der Waals surface area contributed by atoms with Crippen molar-refractivity contribution >= 4 is 33.5 Å². The Morgan fingerprint density at radius 3 is 2.58 bits per heavy atom. The Bertz CT molecular complexity index is 703. The zero-order valence-electron chi connectivity index (χ0n) is 13.3. The van der Waals surface area contributed by atoms with Crippen LogP contribution in [0.3, 0.4) is 0 Å². The molecule has 0 atom stereocenters. The third-order valence-corrected chi connectivity index (χ3v) is 4.01. The van der Waals surface area contributed by atoms with Crippen molar-refractivity contribution in [1.82, 2.24) is 0 Å². The van der Waals surface area contributed by atoms with Gasteiger partial charge in [0.25, 0.3) is 5.91 Å². The van der Waals surface area contributed by atoms with Crippen molar-refractivity contribution in [3.63, 3.8) is 0 Å². The summed E-state index contributed by atoms with van der Waals surface area (Å²) in [7, 11) is 0. The topological polar surface area (TPSA) is 64.6 Å². The third kappa shape index (κ3) is 6.04. The minimum absolute atomic E-state index is 0.0829. The van der Waals surface area contributed by atoms with E-state index in [-0.39, 0.29) is 25.5 Å². The Labute approximate surface area is 149 Å². The molecule has 0 spiro atoms. The van der Waals surface area contributed by atoms with Crippen LogP contribution in [0.4, 0.5) is 5.69 Å². The van der Waals surface area contributed by atoms with Crippen LogP contribution in [0.1, 0.15) is 12.0 Å². The second-order valence-corrected chi connectivity index (χ2v) is 5.94. The van der Waals surface area contributed by atoms with Gasteiger partial charge < -0.3 is 14.8 Å². The van der Waals surface area contributed by atoms with Crippen LogP contribution in [0.2, 0.25) is 0 Å². The molecule has 2 rings (SSSR count). The van der Waals surface area contributed by atoms with Crippen molar-refractivity contribution in [2.45, 2.75) is 13.3 Å². The fourth-order valence-electron chi connectivity index (χ4n) is 1.91. The lowest BCUT2D eigenvalue weighted by Crippen LogP contribution is -2.21. The summed E-state index contributed by atoms with van der Waals surface area (Å²) in [5, 5.41) is 2.68. The molecule has 0 bridgehead atoms. The van der Waals surface area contributed by atoms with E-state index in [0.717, 1.165) is 10.0 Å². The first kappa shape index (κ1) is 18.0. The summed E-state index contributed by atoms with van der Waals surface area (Å²) < 4.78 is 11.3. The Morgan fingerprint density at radius 1 is 1.12 bits per heavy atom. The van der Waals surface area contributed by atoms with E-state index in [2.05, 4.69) is 21.2 Å². The Hall–Kier alpha value is -2.34. The van der Waals surface area contributed by atoms with Crippen LogP contribution >= 0.6 is 15.9 Å². The summed E-state index contributed by atoms with van der Waals surface area (Å²) in [5.41, 5.74) is 1.66. The molecule has 126 valence electrons. The molecule has 1 N–H and O–H groups in total. The first-order valence-electron chi connectivity index (χ1n) is 7.44. The molecule has 0 unspecified atom stereocenters. The van der Waals surface area contributed by atoms with Gasteiger partial charge >= 0.3 is 5.97 Å². The number of carbonyl (C=O) groups is 2. The fraction of sp³-hybridized carbons (Fsp3) is 0.222. The molecule has 0 aliphatic rings. The minimum Gasteiger partial charge on any atom is -0.493 e. The first-order valence-corrected chi connectivity index (χ1v) is 8.23. The van der Waals surface area contributed by atoms with E-state index < -0.39 is 5.97 Å². The van der Waals surface area contributed by atoms with Gasteiger partial charge in [0, 0.05) is 10.2 Å². The lowest BCUT2D eigenvalue weighted by Gasteiger charge is -2.08. The summed E-state index contributed by atoms with van der Waals surface area (Å²) in [4.78, 5) is 23.4. The summed E-state index contributed by atoms with van der Waals surface area (Å²) in [6, 6.07) is 14.6. The largest absolute Gasteiger partial charge is 0.493 e. The van der Waals surface area contributed by atoms with E-state index in [9.17, 15) is 9.59 Å². The molecule has 1 amide bonds. The zero-order chi connectivity index (χ0) is 17.4. The molecule has 0 saturated carbocycles. The van der Waals surface area contributed by atoms with Crippen LogP contribution in [0.15, 0.2) is 53.0 Å². The van der Waals surface area contributed by atoms with Gasteiger partial charge in [-0.3, -0.25) is 9.59 Å². The Balaban J connectivity index is 1.67. The van der Waals surface area contributed by atoms with Crippen molar-refractivity contribution in [2.24, 2.45) is 0 Å². The number of amides is 1. The van der Waals surface area contributed by atoms with Crippen LogP contribution in [-0.4, -0.2) is 25.1 Å². The average molecular weight is 392 g/mol. The summed E-state index contributed by atoms with van der Waals surface area (Å²) in [6.45, 7) is 1.81. The molecule has 5 nitrogen and oxygen atoms in total. The zero-order valence-corrected chi connectivity index (χ0v) is 14.8. The maximum absolute atomic E-state index is 11.8. The summed E-state index contributed by atoms with van der Waals surface area (Å²) in [6.07, 6.45) is 0.0829. The number of hydrogen-bond donors (Lipinski definition) is 1. The van der Waals surface area contributed by atoms with Crippen molar-refractivity contribution < 1.29 is 19.1 Å². The van der Waals surface area contributed by atoms with Crippen molar-refractivity contribution in [1.29, 1.82) is 0 Å². The third-order valence-electron chi connectivity index (χ3n) is 3.12. The number of nitrogens with one attached hydrogen (secondary N) is 1. The van der Waals surface area contributed by atoms with Crippen LogP contribution in [0.25, 0.3) is 0 Å². The first-order chi connectivity index (χ1) is 11.5. The highest BCUT2D eigenvalue weighted by Gasteiger charge is 2.09. The van der Waals surface area contributed by atoms with Gasteiger partial charge in [0.05, 0.1) is 13.0 Å². The highest BCUT2D eigenvalue weighted by molar-refractivity contribution is 9.10. The van der Waals surface area contributed by atoms with Crippen LogP contribution < -0.4 is 10.1 Å². The number of carbonyl (C=O) groups excluding carboxylic acids is 2. The number of rotatable bonds is 7. The number of esters is 1. The number of hydrogen-bond acceptors (Lipinski definition) is 4. The average Bonchev–Trinajstić information content (AvgIpc) is 2.57. The van der Waals surface area contributed by atoms with E-state index in [1.807, 2.05) is 37.3 Å². The van der Waals surface area contributed by atoms with Gasteiger partial charge in [0.1, 0.15) is 5.75 Å². The molecule has 6 heteroatoms. The standard InChI is InChI=1S/C18H18BrNO4/c1-13-11-14(7-8-16(13)19)20-17(21)12-24-18(22)9-10-23-15-5-3-2-4-6-15/h2-8,11H,9-10,12H2,1H3,(H,20,21). The van der Waals surface area contributed by atoms with Gasteiger partial charge in [-0.1, -0.05) is 34.1 Å². The monoisotopic (exact) mass is 391 g/mol. The molecule has 24 heavy (non-hydrogen) atoms. The molecule has 0 radical (unpaired) electrons. The molecule has 0 aliphatic carbocycles. The number of anilines is 1. The van der Waals surface area contributed by atoms with Crippen LogP contribution in [-0.2, 0) is 14.3 Å². The predicted molar refractivity (Wildman–Crippen MR) is 95.0 cm³/mol. The second kappa shape index (κ2) is 9.08. The predicted octanol–water partition coefficient (Wildman–Crippen LogP) is 3.71. The molecule has 0 heterocycles.